The Labute approximate surface area is 201 Å². The molecule has 0 radical (unpaired) electrons. The zero-order valence-corrected chi connectivity index (χ0v) is 20.0. The molecule has 2 atom stereocenters. The van der Waals surface area contributed by atoms with Gasteiger partial charge >= 0.3 is 5.97 Å². The molecule has 1 aromatic carbocycles. The molecule has 0 saturated carbocycles. The van der Waals surface area contributed by atoms with Crippen LogP contribution in [-0.2, 0) is 14.9 Å². The summed E-state index contributed by atoms with van der Waals surface area (Å²) in [5.41, 5.74) is 3.07. The first kappa shape index (κ1) is 23.0. The number of aromatic amines is 1. The number of pyridine rings is 1. The second-order valence-electron chi connectivity index (χ2n) is 10.2. The Morgan fingerprint density at radius 1 is 1.43 bits per heavy atom. The minimum atomic E-state index is -1.32. The normalized spacial score (nSPS) is 20.5. The van der Waals surface area contributed by atoms with Gasteiger partial charge in [-0.3, -0.25) is 5.10 Å². The standard InChI is InChI=1S/C26H26FN5O3/c1-14-9-17(5-6-18(14)27)32-19-10-15-12-29-31-23(15)30-21(19)20(22(32)25(2,3)7-8-28)16-11-26(4,24(33)34)35-13-16/h5-6,9-10,12,16H,7,11,13H2,1-4H3,(H,33,34)(H,29,30,31)/t16-,26+/m1/s1. The number of aryl methyl sites for hydroxylation is 1. The van der Waals surface area contributed by atoms with E-state index < -0.39 is 17.0 Å². The van der Waals surface area contributed by atoms with Crippen LogP contribution in [0.3, 0.4) is 0 Å². The molecule has 1 saturated heterocycles. The summed E-state index contributed by atoms with van der Waals surface area (Å²) in [7, 11) is 0. The monoisotopic (exact) mass is 475 g/mol. The Hall–Kier alpha value is -3.77. The molecule has 4 heterocycles. The van der Waals surface area contributed by atoms with E-state index >= 15 is 0 Å². The Morgan fingerprint density at radius 3 is 2.86 bits per heavy atom. The third-order valence-corrected chi connectivity index (χ3v) is 7.04. The Kier molecular flexibility index (Phi) is 5.18. The molecule has 1 aliphatic rings. The van der Waals surface area contributed by atoms with Crippen LogP contribution in [0.2, 0.25) is 0 Å². The van der Waals surface area contributed by atoms with Crippen LogP contribution in [0.1, 0.15) is 56.4 Å². The molecule has 0 aliphatic carbocycles. The summed E-state index contributed by atoms with van der Waals surface area (Å²) in [6.07, 6.45) is 2.18. The fourth-order valence-electron chi connectivity index (χ4n) is 5.17. The third kappa shape index (κ3) is 3.56. The van der Waals surface area contributed by atoms with Crippen LogP contribution < -0.4 is 0 Å². The highest BCUT2D eigenvalue weighted by atomic mass is 19.1. The van der Waals surface area contributed by atoms with Crippen LogP contribution in [0.25, 0.3) is 27.8 Å². The van der Waals surface area contributed by atoms with Crippen molar-refractivity contribution in [2.24, 2.45) is 0 Å². The number of carboxylic acid groups (broad SMARTS) is 1. The number of nitriles is 1. The molecule has 2 N–H and O–H groups in total. The SMILES string of the molecule is Cc1cc(-n2c(C(C)(C)CC#N)c([C@H]3CO[C@](C)(C(=O)O)C3)c3nc4[nH]ncc4cc32)ccc1F. The fraction of sp³-hybridized carbons (Fsp3) is 0.385. The largest absolute Gasteiger partial charge is 0.479 e. The van der Waals surface area contributed by atoms with Crippen LogP contribution in [-0.4, -0.2) is 43.0 Å². The van der Waals surface area contributed by atoms with Crippen molar-refractivity contribution in [3.05, 3.63) is 53.1 Å². The van der Waals surface area contributed by atoms with Gasteiger partial charge in [0.1, 0.15) is 5.82 Å². The van der Waals surface area contributed by atoms with E-state index in [-0.39, 0.29) is 31.2 Å². The summed E-state index contributed by atoms with van der Waals surface area (Å²) in [6, 6.07) is 9.19. The first-order valence-electron chi connectivity index (χ1n) is 11.5. The summed E-state index contributed by atoms with van der Waals surface area (Å²) in [5.74, 6) is -1.58. The number of rotatable bonds is 5. The maximum absolute atomic E-state index is 14.2. The van der Waals surface area contributed by atoms with Crippen molar-refractivity contribution in [1.82, 2.24) is 19.7 Å². The molecule has 1 fully saturated rings. The molecule has 0 unspecified atom stereocenters. The maximum atomic E-state index is 14.2. The molecule has 8 nitrogen and oxygen atoms in total. The first-order valence-corrected chi connectivity index (χ1v) is 11.5. The van der Waals surface area contributed by atoms with Gasteiger partial charge in [-0.2, -0.15) is 10.4 Å². The molecule has 0 spiro atoms. The fourth-order valence-corrected chi connectivity index (χ4v) is 5.17. The first-order chi connectivity index (χ1) is 16.6. The Balaban J connectivity index is 1.89. The third-order valence-electron chi connectivity index (χ3n) is 7.04. The Morgan fingerprint density at radius 2 is 2.20 bits per heavy atom. The zero-order valence-electron chi connectivity index (χ0n) is 20.0. The number of H-pyrrole nitrogens is 1. The molecule has 1 aliphatic heterocycles. The van der Waals surface area contributed by atoms with E-state index in [1.54, 1.807) is 32.2 Å². The summed E-state index contributed by atoms with van der Waals surface area (Å²) in [4.78, 5) is 16.8. The maximum Gasteiger partial charge on any atom is 0.335 e. The second kappa shape index (κ2) is 7.89. The number of halogens is 1. The number of hydrogen-bond acceptors (Lipinski definition) is 5. The van der Waals surface area contributed by atoms with Crippen LogP contribution in [0.5, 0.6) is 0 Å². The van der Waals surface area contributed by atoms with E-state index in [0.29, 0.717) is 16.7 Å². The van der Waals surface area contributed by atoms with Gasteiger partial charge in [0.15, 0.2) is 11.2 Å². The molecule has 0 bridgehead atoms. The van der Waals surface area contributed by atoms with Crippen molar-refractivity contribution < 1.29 is 19.0 Å². The molecule has 9 heteroatoms. The van der Waals surface area contributed by atoms with Gasteiger partial charge in [0.25, 0.3) is 0 Å². The van der Waals surface area contributed by atoms with Crippen molar-refractivity contribution in [3.8, 4) is 11.8 Å². The van der Waals surface area contributed by atoms with E-state index in [1.807, 2.05) is 24.5 Å². The van der Waals surface area contributed by atoms with Crippen LogP contribution in [0.4, 0.5) is 4.39 Å². The van der Waals surface area contributed by atoms with Gasteiger partial charge in [0, 0.05) is 40.1 Å². The predicted molar refractivity (Wildman–Crippen MR) is 128 cm³/mol. The van der Waals surface area contributed by atoms with Crippen molar-refractivity contribution in [2.75, 3.05) is 6.61 Å². The minimum absolute atomic E-state index is 0.211. The molecule has 0 amide bonds. The van der Waals surface area contributed by atoms with Crippen LogP contribution >= 0.6 is 0 Å². The lowest BCUT2D eigenvalue weighted by Gasteiger charge is -2.28. The number of hydrogen-bond donors (Lipinski definition) is 2. The highest BCUT2D eigenvalue weighted by molar-refractivity contribution is 5.94. The highest BCUT2D eigenvalue weighted by Gasteiger charge is 2.46. The van der Waals surface area contributed by atoms with Gasteiger partial charge in [0.05, 0.1) is 29.9 Å². The lowest BCUT2D eigenvalue weighted by Crippen LogP contribution is -2.34. The molecule has 180 valence electrons. The molecule has 5 rings (SSSR count). The number of aliphatic carboxylic acids is 1. The van der Waals surface area contributed by atoms with Gasteiger partial charge in [-0.25, -0.2) is 14.2 Å². The molecular weight excluding hydrogens is 449 g/mol. The zero-order chi connectivity index (χ0) is 25.1. The minimum Gasteiger partial charge on any atom is -0.479 e. The number of nitrogens with one attached hydrogen (secondary N) is 1. The van der Waals surface area contributed by atoms with Gasteiger partial charge in [-0.05, 0) is 50.1 Å². The second-order valence-corrected chi connectivity index (χ2v) is 10.2. The van der Waals surface area contributed by atoms with Crippen LogP contribution in [0, 0.1) is 24.1 Å². The average molecular weight is 476 g/mol. The number of ether oxygens (including phenoxy) is 1. The molecule has 4 aromatic rings. The predicted octanol–water partition coefficient (Wildman–Crippen LogP) is 4.89. The van der Waals surface area contributed by atoms with Gasteiger partial charge in [-0.1, -0.05) is 13.8 Å². The summed E-state index contributed by atoms with van der Waals surface area (Å²) >= 11 is 0. The number of nitrogens with zero attached hydrogens (tertiary/aromatic N) is 4. The lowest BCUT2D eigenvalue weighted by atomic mass is 9.79. The van der Waals surface area contributed by atoms with E-state index in [2.05, 4.69) is 16.3 Å². The van der Waals surface area contributed by atoms with E-state index in [4.69, 9.17) is 9.72 Å². The number of benzene rings is 1. The van der Waals surface area contributed by atoms with Crippen LogP contribution in [0.15, 0.2) is 30.5 Å². The van der Waals surface area contributed by atoms with Crippen molar-refractivity contribution in [3.63, 3.8) is 0 Å². The van der Waals surface area contributed by atoms with Gasteiger partial charge in [-0.15, -0.1) is 0 Å². The van der Waals surface area contributed by atoms with Crippen molar-refractivity contribution >= 4 is 28.0 Å². The highest BCUT2D eigenvalue weighted by Crippen LogP contribution is 2.47. The quantitative estimate of drug-likeness (QED) is 0.425. The topological polar surface area (TPSA) is 117 Å². The molecular formula is C26H26FN5O3. The smallest absolute Gasteiger partial charge is 0.335 e. The molecule has 35 heavy (non-hydrogen) atoms. The van der Waals surface area contributed by atoms with Gasteiger partial charge in [0.2, 0.25) is 0 Å². The number of carbonyl (C=O) groups is 1. The van der Waals surface area contributed by atoms with E-state index in [1.165, 1.54) is 6.07 Å². The van der Waals surface area contributed by atoms with E-state index in [9.17, 15) is 19.6 Å². The summed E-state index contributed by atoms with van der Waals surface area (Å²) in [6.45, 7) is 7.48. The lowest BCUT2D eigenvalue weighted by molar-refractivity contribution is -0.157. The van der Waals surface area contributed by atoms with Gasteiger partial charge < -0.3 is 14.4 Å². The Bertz CT molecular complexity index is 1530. The number of aromatic nitrogens is 4. The van der Waals surface area contributed by atoms with Crippen molar-refractivity contribution in [2.45, 2.75) is 57.5 Å². The summed E-state index contributed by atoms with van der Waals surface area (Å²) in [5, 5.41) is 27.3. The van der Waals surface area contributed by atoms with Crippen molar-refractivity contribution in [1.29, 1.82) is 5.26 Å². The van der Waals surface area contributed by atoms with E-state index in [0.717, 1.165) is 27.8 Å². The summed E-state index contributed by atoms with van der Waals surface area (Å²) < 4.78 is 22.0. The number of fused-ring (bicyclic) bond motifs is 2. The number of carboxylic acids is 1. The average Bonchev–Trinajstić information content (AvgIpc) is 3.50. The molecule has 3 aromatic heterocycles.